The molecule has 0 unspecified atom stereocenters. The second-order valence-electron chi connectivity index (χ2n) is 6.78. The minimum Gasteiger partial charge on any atom is -0.497 e. The third-order valence-corrected chi connectivity index (χ3v) is 4.76. The summed E-state index contributed by atoms with van der Waals surface area (Å²) < 4.78 is 11.6. The number of methoxy groups -OCH3 is 1. The molecule has 0 bridgehead atoms. The number of hydrogen-bond acceptors (Lipinski definition) is 3. The lowest BCUT2D eigenvalue weighted by molar-refractivity contribution is 0.254. The van der Waals surface area contributed by atoms with Gasteiger partial charge in [-0.1, -0.05) is 72.8 Å². The first kappa shape index (κ1) is 18.1. The summed E-state index contributed by atoms with van der Waals surface area (Å²) in [5.74, 6) is 1.63. The van der Waals surface area contributed by atoms with Crippen molar-refractivity contribution >= 4 is 11.5 Å². The molecule has 0 N–H and O–H groups in total. The fraction of sp³-hybridized carbons (Fsp3) is 0.160. The average molecular weight is 369 g/mol. The van der Waals surface area contributed by atoms with Gasteiger partial charge in [0.2, 0.25) is 0 Å². The third kappa shape index (κ3) is 4.32. The van der Waals surface area contributed by atoms with Crippen LogP contribution in [0.2, 0.25) is 0 Å². The van der Waals surface area contributed by atoms with Crippen molar-refractivity contribution in [1.29, 1.82) is 0 Å². The summed E-state index contributed by atoms with van der Waals surface area (Å²) in [6.07, 6.45) is 2.88. The highest BCUT2D eigenvalue weighted by molar-refractivity contribution is 6.12. The van der Waals surface area contributed by atoms with Crippen molar-refractivity contribution in [2.75, 3.05) is 13.7 Å². The van der Waals surface area contributed by atoms with Crippen molar-refractivity contribution in [3.63, 3.8) is 0 Å². The maximum atomic E-state index is 6.22. The molecule has 0 spiro atoms. The minimum absolute atomic E-state index is 0.0527. The summed E-state index contributed by atoms with van der Waals surface area (Å²) in [5.41, 5.74) is 4.28. The maximum Gasteiger partial charge on any atom is 0.128 e. The Hall–Kier alpha value is -3.33. The lowest BCUT2D eigenvalue weighted by atomic mass is 10.1. The van der Waals surface area contributed by atoms with Crippen LogP contribution in [0.15, 0.2) is 96.0 Å². The van der Waals surface area contributed by atoms with E-state index >= 15 is 0 Å². The van der Waals surface area contributed by atoms with Crippen molar-refractivity contribution < 1.29 is 9.47 Å². The molecule has 1 aliphatic heterocycles. The molecule has 3 aromatic carbocycles. The van der Waals surface area contributed by atoms with Crippen LogP contribution < -0.4 is 4.74 Å². The van der Waals surface area contributed by atoms with Gasteiger partial charge < -0.3 is 9.47 Å². The highest BCUT2D eigenvalue weighted by Crippen LogP contribution is 2.25. The van der Waals surface area contributed by atoms with Crippen LogP contribution in [0.4, 0.5) is 0 Å². The van der Waals surface area contributed by atoms with Gasteiger partial charge in [-0.15, -0.1) is 0 Å². The Morgan fingerprint density at radius 3 is 2.36 bits per heavy atom. The van der Waals surface area contributed by atoms with E-state index in [0.717, 1.165) is 34.8 Å². The molecule has 28 heavy (non-hydrogen) atoms. The number of aliphatic imine (C=N–C) groups is 1. The van der Waals surface area contributed by atoms with Crippen LogP contribution in [-0.4, -0.2) is 25.5 Å². The first-order valence-corrected chi connectivity index (χ1v) is 9.48. The topological polar surface area (TPSA) is 30.8 Å². The van der Waals surface area contributed by atoms with Crippen LogP contribution in [0.5, 0.6) is 5.75 Å². The van der Waals surface area contributed by atoms with E-state index in [2.05, 4.69) is 36.4 Å². The van der Waals surface area contributed by atoms with Gasteiger partial charge in [-0.25, -0.2) is 0 Å². The average Bonchev–Trinajstić information content (AvgIpc) is 2.98. The van der Waals surface area contributed by atoms with Crippen LogP contribution in [0.1, 0.15) is 16.7 Å². The van der Waals surface area contributed by atoms with Gasteiger partial charge in [0.25, 0.3) is 0 Å². The molecule has 0 saturated heterocycles. The van der Waals surface area contributed by atoms with Crippen LogP contribution in [0, 0.1) is 0 Å². The van der Waals surface area contributed by atoms with E-state index in [4.69, 9.17) is 14.5 Å². The molecule has 1 aliphatic rings. The van der Waals surface area contributed by atoms with Crippen molar-refractivity contribution in [1.82, 2.24) is 0 Å². The van der Waals surface area contributed by atoms with Gasteiger partial charge >= 0.3 is 0 Å². The van der Waals surface area contributed by atoms with Crippen LogP contribution in [0.3, 0.4) is 0 Å². The second-order valence-corrected chi connectivity index (χ2v) is 6.78. The first-order valence-electron chi connectivity index (χ1n) is 9.48. The molecule has 0 fully saturated rings. The molecule has 0 aliphatic carbocycles. The van der Waals surface area contributed by atoms with Crippen molar-refractivity contribution in [3.05, 3.63) is 108 Å². The van der Waals surface area contributed by atoms with Crippen molar-refractivity contribution in [3.8, 4) is 5.75 Å². The van der Waals surface area contributed by atoms with Gasteiger partial charge in [0.05, 0.1) is 18.9 Å². The summed E-state index contributed by atoms with van der Waals surface area (Å²) in [6.45, 7) is 0.536. The van der Waals surface area contributed by atoms with Crippen molar-refractivity contribution in [2.45, 2.75) is 12.5 Å². The normalized spacial score (nSPS) is 16.4. The minimum atomic E-state index is 0.0527. The number of rotatable bonds is 5. The Labute approximate surface area is 166 Å². The van der Waals surface area contributed by atoms with E-state index in [1.165, 1.54) is 5.56 Å². The number of benzene rings is 3. The van der Waals surface area contributed by atoms with Gasteiger partial charge in [0.1, 0.15) is 18.1 Å². The molecule has 1 heterocycles. The third-order valence-electron chi connectivity index (χ3n) is 4.76. The molecule has 0 aromatic heterocycles. The van der Waals surface area contributed by atoms with E-state index in [9.17, 15) is 0 Å². The number of hydrogen-bond donors (Lipinski definition) is 0. The molecule has 3 nitrogen and oxygen atoms in total. The SMILES string of the molecule is COc1cccc(C2=CC(c3ccccc3)=N[C@H](Cc3ccccc3)CO2)c1. The Morgan fingerprint density at radius 2 is 1.61 bits per heavy atom. The summed E-state index contributed by atoms with van der Waals surface area (Å²) in [6, 6.07) is 28.7. The van der Waals surface area contributed by atoms with Gasteiger partial charge in [-0.05, 0) is 29.7 Å². The molecule has 4 rings (SSSR count). The van der Waals surface area contributed by atoms with Crippen LogP contribution in [-0.2, 0) is 11.2 Å². The molecule has 0 saturated carbocycles. The summed E-state index contributed by atoms with van der Waals surface area (Å²) in [7, 11) is 1.67. The summed E-state index contributed by atoms with van der Waals surface area (Å²) >= 11 is 0. The first-order chi connectivity index (χ1) is 13.8. The molecule has 0 radical (unpaired) electrons. The lowest BCUT2D eigenvalue weighted by Gasteiger charge is -2.14. The van der Waals surface area contributed by atoms with Crippen molar-refractivity contribution in [2.24, 2.45) is 4.99 Å². The Balaban J connectivity index is 1.68. The molecule has 1 atom stereocenters. The fourth-order valence-electron chi connectivity index (χ4n) is 3.32. The summed E-state index contributed by atoms with van der Waals surface area (Å²) in [5, 5.41) is 0. The van der Waals surface area contributed by atoms with Crippen LogP contribution in [0.25, 0.3) is 5.76 Å². The zero-order valence-corrected chi connectivity index (χ0v) is 15.9. The zero-order chi connectivity index (χ0) is 19.2. The van der Waals surface area contributed by atoms with Crippen LogP contribution >= 0.6 is 0 Å². The Morgan fingerprint density at radius 1 is 0.893 bits per heavy atom. The predicted octanol–water partition coefficient (Wildman–Crippen LogP) is 5.17. The predicted molar refractivity (Wildman–Crippen MR) is 114 cm³/mol. The molecular weight excluding hydrogens is 346 g/mol. The molecule has 3 aromatic rings. The van der Waals surface area contributed by atoms with E-state index in [1.54, 1.807) is 7.11 Å². The molecule has 140 valence electrons. The number of nitrogens with zero attached hydrogens (tertiary/aromatic N) is 1. The summed E-state index contributed by atoms with van der Waals surface area (Å²) in [4.78, 5) is 5.04. The lowest BCUT2D eigenvalue weighted by Crippen LogP contribution is -2.16. The largest absolute Gasteiger partial charge is 0.497 e. The maximum absolute atomic E-state index is 6.22. The monoisotopic (exact) mass is 369 g/mol. The number of allylic oxidation sites excluding steroid dienone is 1. The van der Waals surface area contributed by atoms with E-state index in [-0.39, 0.29) is 6.04 Å². The molecule has 0 amide bonds. The smallest absolute Gasteiger partial charge is 0.128 e. The van der Waals surface area contributed by atoms with Gasteiger partial charge in [0, 0.05) is 11.6 Å². The number of ether oxygens (including phenoxy) is 2. The Kier molecular flexibility index (Phi) is 5.53. The quantitative estimate of drug-likeness (QED) is 0.621. The second kappa shape index (κ2) is 8.57. The highest BCUT2D eigenvalue weighted by atomic mass is 16.5. The standard InChI is InChI=1S/C25H23NO2/c1-27-23-14-8-13-21(16-23)25-17-24(20-11-6-3-7-12-20)26-22(18-28-25)15-19-9-4-2-5-10-19/h2-14,16-17,22H,15,18H2,1H3/t22-/m1/s1. The zero-order valence-electron chi connectivity index (χ0n) is 15.9. The molecular formula is C25H23NO2. The van der Waals surface area contributed by atoms with Gasteiger partial charge in [-0.3, -0.25) is 4.99 Å². The fourth-order valence-corrected chi connectivity index (χ4v) is 3.32. The Bertz CT molecular complexity index is 978. The van der Waals surface area contributed by atoms with E-state index in [0.29, 0.717) is 6.61 Å². The van der Waals surface area contributed by atoms with Gasteiger partial charge in [0.15, 0.2) is 0 Å². The van der Waals surface area contributed by atoms with Gasteiger partial charge in [-0.2, -0.15) is 0 Å². The highest BCUT2D eigenvalue weighted by Gasteiger charge is 2.18. The van der Waals surface area contributed by atoms with E-state index in [1.807, 2.05) is 54.6 Å². The van der Waals surface area contributed by atoms with E-state index < -0.39 is 0 Å². The molecule has 3 heteroatoms.